The van der Waals surface area contributed by atoms with Gasteiger partial charge in [-0.2, -0.15) is 0 Å². The lowest BCUT2D eigenvalue weighted by Crippen LogP contribution is -2.74. The maximum absolute atomic E-state index is 14.5. The van der Waals surface area contributed by atoms with Crippen molar-refractivity contribution in [3.05, 3.63) is 47.5 Å². The second-order valence-corrected chi connectivity index (χ2v) is 13.3. The van der Waals surface area contributed by atoms with Crippen LogP contribution in [0.25, 0.3) is 0 Å². The molecule has 3 aliphatic carbocycles. The van der Waals surface area contributed by atoms with Gasteiger partial charge < -0.3 is 23.7 Å². The lowest BCUT2D eigenvalue weighted by atomic mass is 9.39. The number of fused-ring (bicyclic) bond motifs is 6. The summed E-state index contributed by atoms with van der Waals surface area (Å²) in [4.78, 5) is 53.4. The standard InChI is InChI=1S/C32H40O9/c1-8-17(2)26(35)41-28-29(3,4)22(14-23(33)38-7)31(6)20-9-11-30(5)21(19(20)15-32(28,37)27(31)36)13-24(34)40-25(30)18-10-12-39-16-18/h8,10,12,15-16,20-22,25,28,37H,9,11,13-14H2,1-7H3/b17-8+/t20-,21-,22+,25+,28+,30-,31-,32+/m1/s1. The largest absolute Gasteiger partial charge is 0.472 e. The molecule has 9 nitrogen and oxygen atoms in total. The average molecular weight is 569 g/mol. The number of aliphatic hydroxyl groups is 1. The lowest BCUT2D eigenvalue weighted by molar-refractivity contribution is -0.223. The van der Waals surface area contributed by atoms with Gasteiger partial charge in [-0.05, 0) is 56.6 Å². The minimum absolute atomic E-state index is 0.0841. The summed E-state index contributed by atoms with van der Waals surface area (Å²) < 4.78 is 22.2. The third-order valence-electron chi connectivity index (χ3n) is 10.9. The molecule has 3 fully saturated rings. The summed E-state index contributed by atoms with van der Waals surface area (Å²) in [7, 11) is 1.30. The Labute approximate surface area is 240 Å². The van der Waals surface area contributed by atoms with Crippen LogP contribution < -0.4 is 0 Å². The Hall–Kier alpha value is -3.20. The average Bonchev–Trinajstić information content (AvgIpc) is 3.46. The third-order valence-corrected chi connectivity index (χ3v) is 10.9. The molecule has 1 aliphatic heterocycles. The molecular weight excluding hydrogens is 528 g/mol. The zero-order chi connectivity index (χ0) is 30.1. The van der Waals surface area contributed by atoms with E-state index in [0.29, 0.717) is 18.4 Å². The van der Waals surface area contributed by atoms with E-state index < -0.39 is 57.7 Å². The monoisotopic (exact) mass is 568 g/mol. The fraction of sp³-hybridized carbons (Fsp3) is 0.625. The first kappa shape index (κ1) is 29.3. The molecule has 0 spiro atoms. The first-order valence-electron chi connectivity index (χ1n) is 14.3. The SMILES string of the molecule is C/C=C(\C)C(=O)O[C@H]1C(C)(C)[C@H](CC(=O)OC)[C@]2(C)C(=O)[C@@]1(O)C=C1[C@H]3CC(=O)O[C@@H](c4ccoc4)[C@]3(C)CC[C@H]12. The van der Waals surface area contributed by atoms with Crippen molar-refractivity contribution in [1.29, 1.82) is 0 Å². The molecule has 1 aromatic rings. The van der Waals surface area contributed by atoms with E-state index in [4.69, 9.17) is 18.6 Å². The third kappa shape index (κ3) is 4.06. The second-order valence-electron chi connectivity index (χ2n) is 13.3. The van der Waals surface area contributed by atoms with Gasteiger partial charge in [0.1, 0.15) is 12.2 Å². The van der Waals surface area contributed by atoms with Gasteiger partial charge in [0.2, 0.25) is 0 Å². The smallest absolute Gasteiger partial charge is 0.333 e. The summed E-state index contributed by atoms with van der Waals surface area (Å²) >= 11 is 0. The van der Waals surface area contributed by atoms with Crippen LogP contribution in [0, 0.1) is 34.0 Å². The Bertz CT molecular complexity index is 1340. The number of esters is 3. The quantitative estimate of drug-likeness (QED) is 0.234. The van der Waals surface area contributed by atoms with E-state index in [1.54, 1.807) is 44.6 Å². The Morgan fingerprint density at radius 3 is 2.49 bits per heavy atom. The number of furan rings is 1. The van der Waals surface area contributed by atoms with E-state index >= 15 is 0 Å². The summed E-state index contributed by atoms with van der Waals surface area (Å²) in [5.74, 6) is -3.31. The van der Waals surface area contributed by atoms with Crippen molar-refractivity contribution in [3.8, 4) is 0 Å². The van der Waals surface area contributed by atoms with Gasteiger partial charge in [0.25, 0.3) is 0 Å². The fourth-order valence-electron chi connectivity index (χ4n) is 8.60. The number of Topliss-reactive ketones (excluding diaryl/α,β-unsaturated/α-hetero) is 1. The molecule has 2 heterocycles. The van der Waals surface area contributed by atoms with E-state index in [1.807, 2.05) is 20.8 Å². The highest BCUT2D eigenvalue weighted by molar-refractivity contribution is 5.99. The number of carbonyl (C=O) groups is 4. The fourth-order valence-corrected chi connectivity index (χ4v) is 8.60. The zero-order valence-electron chi connectivity index (χ0n) is 24.8. The maximum atomic E-state index is 14.5. The van der Waals surface area contributed by atoms with Crippen LogP contribution in [0.3, 0.4) is 0 Å². The summed E-state index contributed by atoms with van der Waals surface area (Å²) in [5.41, 5.74) is -3.03. The predicted molar refractivity (Wildman–Crippen MR) is 146 cm³/mol. The lowest BCUT2D eigenvalue weighted by Gasteiger charge is -2.65. The predicted octanol–water partition coefficient (Wildman–Crippen LogP) is 4.64. The van der Waals surface area contributed by atoms with Gasteiger partial charge in [0.15, 0.2) is 11.4 Å². The molecule has 2 saturated carbocycles. The van der Waals surface area contributed by atoms with E-state index in [0.717, 1.165) is 11.1 Å². The van der Waals surface area contributed by atoms with Crippen molar-refractivity contribution in [1.82, 2.24) is 0 Å². The van der Waals surface area contributed by atoms with Gasteiger partial charge in [-0.3, -0.25) is 14.4 Å². The molecule has 5 rings (SSSR count). The highest BCUT2D eigenvalue weighted by Gasteiger charge is 2.73. The molecule has 0 amide bonds. The number of ether oxygens (including phenoxy) is 3. The van der Waals surface area contributed by atoms with Gasteiger partial charge in [0.05, 0.1) is 26.1 Å². The number of hydrogen-bond acceptors (Lipinski definition) is 9. The minimum Gasteiger partial charge on any atom is -0.472 e. The van der Waals surface area contributed by atoms with Crippen LogP contribution in [0.2, 0.25) is 0 Å². The van der Waals surface area contributed by atoms with E-state index in [2.05, 4.69) is 6.92 Å². The molecule has 1 aromatic heterocycles. The van der Waals surface area contributed by atoms with Gasteiger partial charge in [0, 0.05) is 33.8 Å². The molecule has 41 heavy (non-hydrogen) atoms. The molecule has 222 valence electrons. The van der Waals surface area contributed by atoms with Crippen molar-refractivity contribution in [2.45, 2.75) is 85.0 Å². The molecule has 9 heteroatoms. The Morgan fingerprint density at radius 1 is 1.17 bits per heavy atom. The van der Waals surface area contributed by atoms with Crippen LogP contribution in [-0.2, 0) is 33.4 Å². The van der Waals surface area contributed by atoms with Crippen molar-refractivity contribution in [2.24, 2.45) is 34.0 Å². The number of cyclic esters (lactones) is 1. The topological polar surface area (TPSA) is 129 Å². The summed E-state index contributed by atoms with van der Waals surface area (Å²) in [5, 5.41) is 12.4. The molecule has 1 N–H and O–H groups in total. The van der Waals surface area contributed by atoms with Crippen LogP contribution in [0.15, 0.2) is 46.3 Å². The number of methoxy groups -OCH3 is 1. The first-order chi connectivity index (χ1) is 19.2. The molecule has 8 atom stereocenters. The highest BCUT2D eigenvalue weighted by Crippen LogP contribution is 2.69. The van der Waals surface area contributed by atoms with Crippen molar-refractivity contribution in [3.63, 3.8) is 0 Å². The van der Waals surface area contributed by atoms with E-state index in [9.17, 15) is 24.3 Å². The summed E-state index contributed by atoms with van der Waals surface area (Å²) in [6.07, 6.45) is 5.67. The van der Waals surface area contributed by atoms with Gasteiger partial charge >= 0.3 is 17.9 Å². The summed E-state index contributed by atoms with van der Waals surface area (Å²) in [6.45, 7) is 10.9. The molecule has 0 radical (unpaired) electrons. The normalized spacial score (nSPS) is 39.6. The molecular formula is C32H40O9. The number of hydrogen-bond donors (Lipinski definition) is 1. The minimum atomic E-state index is -2.16. The van der Waals surface area contributed by atoms with Crippen LogP contribution in [0.1, 0.15) is 78.9 Å². The molecule has 2 bridgehead atoms. The van der Waals surface area contributed by atoms with Crippen LogP contribution in [0.4, 0.5) is 0 Å². The summed E-state index contributed by atoms with van der Waals surface area (Å²) in [6, 6.07) is 1.79. The number of rotatable bonds is 5. The van der Waals surface area contributed by atoms with Crippen LogP contribution in [-0.4, -0.2) is 47.6 Å². The van der Waals surface area contributed by atoms with Crippen molar-refractivity contribution >= 4 is 23.7 Å². The Balaban J connectivity index is 1.71. The van der Waals surface area contributed by atoms with E-state index in [-0.39, 0.29) is 30.6 Å². The number of ketones is 1. The molecule has 0 unspecified atom stereocenters. The number of allylic oxidation sites excluding steroid dienone is 2. The van der Waals surface area contributed by atoms with Crippen molar-refractivity contribution < 1.29 is 42.9 Å². The maximum Gasteiger partial charge on any atom is 0.333 e. The molecule has 1 saturated heterocycles. The van der Waals surface area contributed by atoms with Crippen LogP contribution in [0.5, 0.6) is 0 Å². The zero-order valence-corrected chi connectivity index (χ0v) is 24.8. The Morgan fingerprint density at radius 2 is 1.88 bits per heavy atom. The second kappa shape index (κ2) is 9.68. The van der Waals surface area contributed by atoms with Crippen LogP contribution >= 0.6 is 0 Å². The Kier molecular flexibility index (Phi) is 6.92. The van der Waals surface area contributed by atoms with Gasteiger partial charge in [-0.1, -0.05) is 39.3 Å². The molecule has 4 aliphatic rings. The highest BCUT2D eigenvalue weighted by atomic mass is 16.6. The van der Waals surface area contributed by atoms with Gasteiger partial charge in [-0.25, -0.2) is 4.79 Å². The first-order valence-corrected chi connectivity index (χ1v) is 14.3. The number of carbonyl (C=O) groups excluding carboxylic acids is 4. The molecule has 0 aromatic carbocycles. The van der Waals surface area contributed by atoms with Gasteiger partial charge in [-0.15, -0.1) is 0 Å². The van der Waals surface area contributed by atoms with E-state index in [1.165, 1.54) is 7.11 Å². The van der Waals surface area contributed by atoms with Crippen molar-refractivity contribution in [2.75, 3.05) is 7.11 Å².